The summed E-state index contributed by atoms with van der Waals surface area (Å²) in [5.41, 5.74) is -0.345. The van der Waals surface area contributed by atoms with Crippen LogP contribution < -0.4 is 10.1 Å². The summed E-state index contributed by atoms with van der Waals surface area (Å²) in [6.07, 6.45) is 1.32. The van der Waals surface area contributed by atoms with E-state index in [0.29, 0.717) is 25.1 Å². The number of ether oxygens (including phenoxy) is 1. The maximum absolute atomic E-state index is 12.9. The minimum Gasteiger partial charge on any atom is -0.495 e. The van der Waals surface area contributed by atoms with E-state index in [1.54, 1.807) is 0 Å². The number of halogens is 1. The van der Waals surface area contributed by atoms with Crippen LogP contribution in [0.4, 0.5) is 0 Å². The van der Waals surface area contributed by atoms with Gasteiger partial charge in [0.25, 0.3) is 0 Å². The Kier molecular flexibility index (Phi) is 6.01. The summed E-state index contributed by atoms with van der Waals surface area (Å²) in [6.45, 7) is 6.28. The SMILES string of the molecule is COc1ccc(S(=O)(=O)N2CCC[C@@H](C(=O)NC(C)(C)C)C2)cc1Cl. The van der Waals surface area contributed by atoms with E-state index in [0.717, 1.165) is 0 Å². The number of amides is 1. The fourth-order valence-electron chi connectivity index (χ4n) is 2.80. The van der Waals surface area contributed by atoms with Crippen molar-refractivity contribution in [2.45, 2.75) is 44.0 Å². The topological polar surface area (TPSA) is 75.7 Å². The van der Waals surface area contributed by atoms with Crippen molar-refractivity contribution in [3.63, 3.8) is 0 Å². The molecule has 0 spiro atoms. The van der Waals surface area contributed by atoms with Gasteiger partial charge in [0.2, 0.25) is 15.9 Å². The molecule has 0 bridgehead atoms. The number of rotatable bonds is 4. The van der Waals surface area contributed by atoms with Gasteiger partial charge in [-0.05, 0) is 51.8 Å². The second-order valence-corrected chi connectivity index (χ2v) is 9.58. The van der Waals surface area contributed by atoms with Gasteiger partial charge in [0.1, 0.15) is 5.75 Å². The number of sulfonamides is 1. The third-order valence-corrected chi connectivity index (χ3v) is 6.17. The van der Waals surface area contributed by atoms with E-state index in [9.17, 15) is 13.2 Å². The average Bonchev–Trinajstić information content (AvgIpc) is 2.53. The van der Waals surface area contributed by atoms with Crippen LogP contribution in [0.2, 0.25) is 5.02 Å². The van der Waals surface area contributed by atoms with Gasteiger partial charge in [0, 0.05) is 18.6 Å². The maximum Gasteiger partial charge on any atom is 0.243 e. The molecule has 0 unspecified atom stereocenters. The van der Waals surface area contributed by atoms with Gasteiger partial charge < -0.3 is 10.1 Å². The van der Waals surface area contributed by atoms with Gasteiger partial charge >= 0.3 is 0 Å². The Hall–Kier alpha value is -1.31. The molecular weight excluding hydrogens is 364 g/mol. The Morgan fingerprint density at radius 2 is 2.04 bits per heavy atom. The fourth-order valence-corrected chi connectivity index (χ4v) is 4.68. The number of carbonyl (C=O) groups excluding carboxylic acids is 1. The number of benzene rings is 1. The summed E-state index contributed by atoms with van der Waals surface area (Å²) in [6, 6.07) is 4.39. The minimum absolute atomic E-state index is 0.107. The maximum atomic E-state index is 12.9. The smallest absolute Gasteiger partial charge is 0.243 e. The first-order chi connectivity index (χ1) is 11.5. The molecule has 1 aliphatic heterocycles. The van der Waals surface area contributed by atoms with E-state index in [-0.39, 0.29) is 33.8 Å². The molecule has 1 atom stereocenters. The zero-order valence-corrected chi connectivity index (χ0v) is 16.6. The van der Waals surface area contributed by atoms with E-state index < -0.39 is 10.0 Å². The van der Waals surface area contributed by atoms with E-state index in [4.69, 9.17) is 16.3 Å². The van der Waals surface area contributed by atoms with Gasteiger partial charge in [0.05, 0.1) is 22.9 Å². The van der Waals surface area contributed by atoms with E-state index in [2.05, 4.69) is 5.32 Å². The van der Waals surface area contributed by atoms with Crippen LogP contribution in [0.25, 0.3) is 0 Å². The highest BCUT2D eigenvalue weighted by Gasteiger charge is 2.34. The van der Waals surface area contributed by atoms with Crippen LogP contribution in [0.15, 0.2) is 23.1 Å². The van der Waals surface area contributed by atoms with Gasteiger partial charge in [-0.25, -0.2) is 8.42 Å². The van der Waals surface area contributed by atoms with Crippen LogP contribution in [-0.2, 0) is 14.8 Å². The van der Waals surface area contributed by atoms with Crippen molar-refractivity contribution in [2.24, 2.45) is 5.92 Å². The van der Waals surface area contributed by atoms with Crippen LogP contribution >= 0.6 is 11.6 Å². The first kappa shape index (κ1) is 20.0. The standard InChI is InChI=1S/C17H25ClN2O4S/c1-17(2,3)19-16(21)12-6-5-9-20(11-12)25(22,23)13-7-8-15(24-4)14(18)10-13/h7-8,10,12H,5-6,9,11H2,1-4H3,(H,19,21)/t12-/m1/s1. The summed E-state index contributed by atoms with van der Waals surface area (Å²) in [5, 5.41) is 3.17. The zero-order valence-electron chi connectivity index (χ0n) is 15.0. The molecule has 0 saturated carbocycles. The highest BCUT2D eigenvalue weighted by molar-refractivity contribution is 7.89. The largest absolute Gasteiger partial charge is 0.495 e. The van der Waals surface area contributed by atoms with Gasteiger partial charge in [-0.15, -0.1) is 0 Å². The van der Waals surface area contributed by atoms with Crippen molar-refractivity contribution in [2.75, 3.05) is 20.2 Å². The predicted octanol–water partition coefficient (Wildman–Crippen LogP) is 2.66. The highest BCUT2D eigenvalue weighted by Crippen LogP contribution is 2.30. The summed E-state index contributed by atoms with van der Waals surface area (Å²) in [5.74, 6) is -0.0432. The second-order valence-electron chi connectivity index (χ2n) is 7.24. The summed E-state index contributed by atoms with van der Waals surface area (Å²) < 4.78 is 32.2. The summed E-state index contributed by atoms with van der Waals surface area (Å²) in [7, 11) is -2.24. The first-order valence-corrected chi connectivity index (χ1v) is 10.0. The molecule has 1 fully saturated rings. The molecule has 1 saturated heterocycles. The Labute approximate surface area is 154 Å². The highest BCUT2D eigenvalue weighted by atomic mass is 35.5. The molecule has 140 valence electrons. The Morgan fingerprint density at radius 3 is 2.60 bits per heavy atom. The molecule has 0 radical (unpaired) electrons. The van der Waals surface area contributed by atoms with Gasteiger partial charge in [0.15, 0.2) is 0 Å². The molecule has 1 aromatic rings. The number of nitrogens with zero attached hydrogens (tertiary/aromatic N) is 1. The lowest BCUT2D eigenvalue weighted by Crippen LogP contribution is -2.49. The van der Waals surface area contributed by atoms with Crippen molar-refractivity contribution in [3.8, 4) is 5.75 Å². The number of nitrogens with one attached hydrogen (secondary N) is 1. The van der Waals surface area contributed by atoms with Gasteiger partial charge in [-0.1, -0.05) is 11.6 Å². The number of carbonyl (C=O) groups is 1. The van der Waals surface area contributed by atoms with Gasteiger partial charge in [-0.3, -0.25) is 4.79 Å². The molecule has 2 rings (SSSR count). The molecule has 1 N–H and O–H groups in total. The predicted molar refractivity (Wildman–Crippen MR) is 97.4 cm³/mol. The number of hydrogen-bond donors (Lipinski definition) is 1. The molecule has 1 aromatic carbocycles. The first-order valence-electron chi connectivity index (χ1n) is 8.20. The van der Waals surface area contributed by atoms with Crippen molar-refractivity contribution >= 4 is 27.5 Å². The average molecular weight is 389 g/mol. The molecular formula is C17H25ClN2O4S. The molecule has 6 nitrogen and oxygen atoms in total. The van der Waals surface area contributed by atoms with Crippen LogP contribution in [0, 0.1) is 5.92 Å². The van der Waals surface area contributed by atoms with Crippen molar-refractivity contribution in [3.05, 3.63) is 23.2 Å². The number of hydrogen-bond acceptors (Lipinski definition) is 4. The Morgan fingerprint density at radius 1 is 1.36 bits per heavy atom. The lowest BCUT2D eigenvalue weighted by Gasteiger charge is -2.33. The lowest BCUT2D eigenvalue weighted by molar-refractivity contribution is -0.127. The number of piperidine rings is 1. The molecule has 25 heavy (non-hydrogen) atoms. The minimum atomic E-state index is -3.71. The summed E-state index contributed by atoms with van der Waals surface area (Å²) >= 11 is 6.05. The van der Waals surface area contributed by atoms with E-state index in [1.165, 1.54) is 29.6 Å². The molecule has 0 aliphatic carbocycles. The third kappa shape index (κ3) is 4.86. The lowest BCUT2D eigenvalue weighted by atomic mass is 9.97. The second kappa shape index (κ2) is 7.51. The Balaban J connectivity index is 2.19. The third-order valence-electron chi connectivity index (χ3n) is 4.01. The molecule has 1 aliphatic rings. The Bertz CT molecular complexity index is 744. The monoisotopic (exact) mass is 388 g/mol. The van der Waals surface area contributed by atoms with Crippen LogP contribution in [-0.4, -0.2) is 44.4 Å². The van der Waals surface area contributed by atoms with Gasteiger partial charge in [-0.2, -0.15) is 4.31 Å². The van der Waals surface area contributed by atoms with Crippen molar-refractivity contribution in [1.29, 1.82) is 0 Å². The summed E-state index contributed by atoms with van der Waals surface area (Å²) in [4.78, 5) is 12.5. The van der Waals surface area contributed by atoms with E-state index in [1.807, 2.05) is 20.8 Å². The molecule has 0 aromatic heterocycles. The number of methoxy groups -OCH3 is 1. The van der Waals surface area contributed by atoms with Crippen LogP contribution in [0.1, 0.15) is 33.6 Å². The quantitative estimate of drug-likeness (QED) is 0.860. The molecule has 8 heteroatoms. The fraction of sp³-hybridized carbons (Fsp3) is 0.588. The van der Waals surface area contributed by atoms with Crippen LogP contribution in [0.5, 0.6) is 5.75 Å². The molecule has 1 amide bonds. The van der Waals surface area contributed by atoms with Crippen LogP contribution in [0.3, 0.4) is 0 Å². The van der Waals surface area contributed by atoms with Crippen molar-refractivity contribution in [1.82, 2.24) is 9.62 Å². The molecule has 1 heterocycles. The van der Waals surface area contributed by atoms with Crippen molar-refractivity contribution < 1.29 is 17.9 Å². The zero-order chi connectivity index (χ0) is 18.8. The normalized spacial score (nSPS) is 19.5. The van der Waals surface area contributed by atoms with E-state index >= 15 is 0 Å².